The number of ketones is 1. The maximum absolute atomic E-state index is 14.6. The van der Waals surface area contributed by atoms with Crippen LogP contribution in [0.15, 0.2) is 41.5 Å². The summed E-state index contributed by atoms with van der Waals surface area (Å²) in [5.41, 5.74) is 0.0888. The predicted molar refractivity (Wildman–Crippen MR) is 219 cm³/mol. The van der Waals surface area contributed by atoms with Crippen LogP contribution in [0, 0.1) is 35.5 Å². The number of carbonyl (C=O) groups is 3. The van der Waals surface area contributed by atoms with Crippen molar-refractivity contribution in [1.82, 2.24) is 14.8 Å². The third-order valence-corrected chi connectivity index (χ3v) is 12.9. The molecule has 2 aromatic rings. The molecule has 13 heteroatoms. The van der Waals surface area contributed by atoms with Crippen LogP contribution in [0.25, 0.3) is 10.9 Å². The molecule has 1 aromatic heterocycles. The molecule has 0 aliphatic carbocycles. The number of benzene rings is 1. The molecular formula is C45H62N4O9. The highest BCUT2D eigenvalue weighted by molar-refractivity contribution is 6.00. The lowest BCUT2D eigenvalue weighted by Gasteiger charge is -2.47. The third-order valence-electron chi connectivity index (χ3n) is 12.9. The normalized spacial score (nSPS) is 37.3. The summed E-state index contributed by atoms with van der Waals surface area (Å²) in [4.78, 5) is 55.5. The standard InChI is InChI=1S/C45H62N4O9/c1-11-14-35-45(8)39-28(4)36(47-20-21-49(39)43(53)58-45)26(2)25-44(7,54-22-13-15-31-17-18-33-32(24-31)16-12-19-46-33)40(29(5)37(50)30(6)41(52)56-35)57-42-38(51)34(48(9)10)23-27(3)55-42/h12,16-19,24,26-30,34-35,38-40,42,51H,11,14,20-23,25H2,1-10H3/t26-,27+,28+,29+,30-,34-,35-,38?,39-,40-,42-,44+,45-/m1/s1. The first-order valence-corrected chi connectivity index (χ1v) is 20.9. The van der Waals surface area contributed by atoms with Gasteiger partial charge in [0.1, 0.15) is 24.7 Å². The fraction of sp³-hybridized carbons (Fsp3) is 0.667. The summed E-state index contributed by atoms with van der Waals surface area (Å²) in [6.45, 7) is 15.8. The molecule has 13 atom stereocenters. The summed E-state index contributed by atoms with van der Waals surface area (Å²) >= 11 is 0. The van der Waals surface area contributed by atoms with Crippen molar-refractivity contribution in [1.29, 1.82) is 0 Å². The number of aliphatic imine (C=N–C) groups is 1. The topological polar surface area (TPSA) is 149 Å². The van der Waals surface area contributed by atoms with Gasteiger partial charge in [0.2, 0.25) is 0 Å². The van der Waals surface area contributed by atoms with E-state index in [9.17, 15) is 19.5 Å². The first kappa shape index (κ1) is 43.6. The Labute approximate surface area is 343 Å². The van der Waals surface area contributed by atoms with Crippen molar-refractivity contribution in [3.05, 3.63) is 42.1 Å². The van der Waals surface area contributed by atoms with Crippen LogP contribution >= 0.6 is 0 Å². The van der Waals surface area contributed by atoms with Crippen molar-refractivity contribution < 1.29 is 43.2 Å². The van der Waals surface area contributed by atoms with Gasteiger partial charge in [0.05, 0.1) is 35.9 Å². The highest BCUT2D eigenvalue weighted by atomic mass is 16.7. The number of likely N-dealkylation sites (N-methyl/N-ethyl adjacent to an activating group) is 1. The summed E-state index contributed by atoms with van der Waals surface area (Å²) < 4.78 is 32.4. The molecule has 58 heavy (non-hydrogen) atoms. The third kappa shape index (κ3) is 8.68. The van der Waals surface area contributed by atoms with E-state index < -0.39 is 71.5 Å². The van der Waals surface area contributed by atoms with Gasteiger partial charge in [-0.15, -0.1) is 0 Å². The molecule has 13 nitrogen and oxygen atoms in total. The van der Waals surface area contributed by atoms with Gasteiger partial charge in [-0.05, 0) is 91.2 Å². The van der Waals surface area contributed by atoms with E-state index in [1.165, 1.54) is 0 Å². The smallest absolute Gasteiger partial charge is 0.410 e. The molecule has 4 aliphatic rings. The second kappa shape index (κ2) is 17.7. The first-order valence-electron chi connectivity index (χ1n) is 20.9. The number of rotatable bonds is 7. The molecule has 5 heterocycles. The SMILES string of the molecule is CCC[C@H]1OC(=O)[C@H](C)C(=O)[C@H](C)[C@@H](O[C@H]2O[C@@H](C)C[C@@H](N(C)C)C2O)[C@@](C)(OCC#Cc2ccc3ncccc3c2)C[C@@H](C)C2=NCCN3C(=O)O[C@@]1(C)[C@H]3[C@H]2C. The van der Waals surface area contributed by atoms with E-state index in [-0.39, 0.29) is 30.6 Å². The van der Waals surface area contributed by atoms with Gasteiger partial charge in [0.15, 0.2) is 17.7 Å². The summed E-state index contributed by atoms with van der Waals surface area (Å²) in [6.07, 6.45) is -0.940. The summed E-state index contributed by atoms with van der Waals surface area (Å²) in [6, 6.07) is 8.92. The monoisotopic (exact) mass is 802 g/mol. The number of hydrogen-bond acceptors (Lipinski definition) is 12. The van der Waals surface area contributed by atoms with Crippen molar-refractivity contribution >= 4 is 34.5 Å². The Hall–Kier alpha value is -3.93. The highest BCUT2D eigenvalue weighted by Gasteiger charge is 2.60. The Kier molecular flexibility index (Phi) is 13.3. The number of nitrogens with zero attached hydrogens (tertiary/aromatic N) is 4. The number of aliphatic hydroxyl groups is 1. The van der Waals surface area contributed by atoms with E-state index in [2.05, 4.69) is 30.7 Å². The molecular weight excluding hydrogens is 741 g/mol. The number of Topliss-reactive ketones (excluding diaryl/α,β-unsaturated/α-hetero) is 1. The van der Waals surface area contributed by atoms with E-state index in [0.29, 0.717) is 38.8 Å². The van der Waals surface area contributed by atoms with Crippen LogP contribution in [-0.2, 0) is 33.3 Å². The second-order valence-electron chi connectivity index (χ2n) is 17.5. The highest BCUT2D eigenvalue weighted by Crippen LogP contribution is 2.44. The molecule has 1 unspecified atom stereocenters. The lowest BCUT2D eigenvalue weighted by atomic mass is 9.73. The molecule has 1 aromatic carbocycles. The van der Waals surface area contributed by atoms with Crippen LogP contribution in [0.3, 0.4) is 0 Å². The zero-order valence-electron chi connectivity index (χ0n) is 35.8. The molecule has 4 aliphatic heterocycles. The van der Waals surface area contributed by atoms with Crippen LogP contribution in [0.5, 0.6) is 0 Å². The van der Waals surface area contributed by atoms with E-state index in [0.717, 1.165) is 22.2 Å². The Morgan fingerprint density at radius 2 is 1.83 bits per heavy atom. The van der Waals surface area contributed by atoms with Gasteiger partial charge in [-0.1, -0.05) is 52.0 Å². The number of amides is 1. The van der Waals surface area contributed by atoms with Crippen molar-refractivity contribution in [3.63, 3.8) is 0 Å². The molecule has 1 N–H and O–H groups in total. The maximum Gasteiger partial charge on any atom is 0.410 e. The van der Waals surface area contributed by atoms with E-state index >= 15 is 0 Å². The van der Waals surface area contributed by atoms with Crippen LogP contribution in [0.1, 0.15) is 86.6 Å². The molecule has 2 bridgehead atoms. The molecule has 1 amide bonds. The predicted octanol–water partition coefficient (Wildman–Crippen LogP) is 5.44. The fourth-order valence-corrected chi connectivity index (χ4v) is 9.86. The van der Waals surface area contributed by atoms with E-state index in [1.807, 2.05) is 77.0 Å². The number of cyclic esters (lactones) is 1. The molecule has 0 saturated carbocycles. The molecule has 316 valence electrons. The Balaban J connectivity index is 1.43. The van der Waals surface area contributed by atoms with Crippen LogP contribution in [0.2, 0.25) is 0 Å². The average Bonchev–Trinajstić information content (AvgIpc) is 3.31. The summed E-state index contributed by atoms with van der Waals surface area (Å²) in [5, 5.41) is 12.7. The second-order valence-corrected chi connectivity index (χ2v) is 17.5. The van der Waals surface area contributed by atoms with Crippen molar-refractivity contribution in [2.75, 3.05) is 33.8 Å². The lowest BCUT2D eigenvalue weighted by Crippen LogP contribution is -2.60. The number of pyridine rings is 1. The minimum atomic E-state index is -1.24. The number of hydrogen-bond donors (Lipinski definition) is 1. The van der Waals surface area contributed by atoms with Crippen molar-refractivity contribution in [2.24, 2.45) is 28.7 Å². The van der Waals surface area contributed by atoms with Gasteiger partial charge in [-0.2, -0.15) is 0 Å². The number of ether oxygens (including phenoxy) is 5. The minimum Gasteiger partial charge on any atom is -0.457 e. The Morgan fingerprint density at radius 3 is 2.55 bits per heavy atom. The lowest BCUT2D eigenvalue weighted by molar-refractivity contribution is -0.296. The molecule has 3 saturated heterocycles. The van der Waals surface area contributed by atoms with Gasteiger partial charge >= 0.3 is 12.1 Å². The number of carbonyl (C=O) groups excluding carboxylic acids is 3. The first-order chi connectivity index (χ1) is 27.5. The quantitative estimate of drug-likeness (QED) is 0.217. The van der Waals surface area contributed by atoms with Gasteiger partial charge in [0, 0.05) is 47.3 Å². The number of esters is 1. The van der Waals surface area contributed by atoms with E-state index in [1.54, 1.807) is 24.9 Å². The van der Waals surface area contributed by atoms with Crippen LogP contribution in [0.4, 0.5) is 4.79 Å². The van der Waals surface area contributed by atoms with Gasteiger partial charge in [0.25, 0.3) is 0 Å². The zero-order valence-corrected chi connectivity index (χ0v) is 35.8. The molecule has 3 fully saturated rings. The summed E-state index contributed by atoms with van der Waals surface area (Å²) in [5.74, 6) is 2.62. The molecule has 0 spiro atoms. The molecule has 0 radical (unpaired) electrons. The zero-order chi connectivity index (χ0) is 42.1. The van der Waals surface area contributed by atoms with Gasteiger partial charge in [-0.25, -0.2) is 4.79 Å². The number of aliphatic hydroxyl groups excluding tert-OH is 1. The van der Waals surface area contributed by atoms with Gasteiger partial charge < -0.3 is 33.7 Å². The molecule has 6 rings (SSSR count). The van der Waals surface area contributed by atoms with Crippen LogP contribution in [-0.4, -0.2) is 131 Å². The number of fused-ring (bicyclic) bond motifs is 2. The van der Waals surface area contributed by atoms with Gasteiger partial charge in [-0.3, -0.25) is 24.5 Å². The Morgan fingerprint density at radius 1 is 1.07 bits per heavy atom. The van der Waals surface area contributed by atoms with Crippen LogP contribution < -0.4 is 0 Å². The fourth-order valence-electron chi connectivity index (χ4n) is 9.86. The van der Waals surface area contributed by atoms with Crippen molar-refractivity contribution in [3.8, 4) is 11.8 Å². The maximum atomic E-state index is 14.6. The van der Waals surface area contributed by atoms with Crippen molar-refractivity contribution in [2.45, 2.75) is 135 Å². The average molecular weight is 803 g/mol. The largest absolute Gasteiger partial charge is 0.457 e. The minimum absolute atomic E-state index is 0.0188. The number of aromatic nitrogens is 1. The Bertz CT molecular complexity index is 1930. The van der Waals surface area contributed by atoms with E-state index in [4.69, 9.17) is 28.7 Å². The summed E-state index contributed by atoms with van der Waals surface area (Å²) in [7, 11) is 3.80.